The lowest BCUT2D eigenvalue weighted by Gasteiger charge is -2.22. The number of carbonyl (C=O) groups is 2. The summed E-state index contributed by atoms with van der Waals surface area (Å²) in [5, 5.41) is 10.6. The van der Waals surface area contributed by atoms with Crippen molar-refractivity contribution in [3.05, 3.63) is 29.4 Å². The van der Waals surface area contributed by atoms with Crippen molar-refractivity contribution in [2.75, 3.05) is 36.9 Å². The van der Waals surface area contributed by atoms with Gasteiger partial charge in [0.15, 0.2) is 0 Å². The van der Waals surface area contributed by atoms with Gasteiger partial charge in [-0.2, -0.15) is 0 Å². The molecule has 2 aromatic heterocycles. The summed E-state index contributed by atoms with van der Waals surface area (Å²) in [6, 6.07) is 3.51. The van der Waals surface area contributed by atoms with Crippen LogP contribution in [0.5, 0.6) is 0 Å². The van der Waals surface area contributed by atoms with Gasteiger partial charge in [0, 0.05) is 39.3 Å². The van der Waals surface area contributed by atoms with Crippen LogP contribution in [0.15, 0.2) is 23.8 Å². The van der Waals surface area contributed by atoms with Gasteiger partial charge in [-0.15, -0.1) is 10.2 Å². The van der Waals surface area contributed by atoms with Crippen molar-refractivity contribution in [3.8, 4) is 0 Å². The van der Waals surface area contributed by atoms with Crippen LogP contribution in [0.25, 0.3) is 0 Å². The molecular weight excluding hydrogens is 328 g/mol. The first kappa shape index (κ1) is 16.3. The smallest absolute Gasteiger partial charge is 0.259 e. The molecule has 0 unspecified atom stereocenters. The fourth-order valence-electron chi connectivity index (χ4n) is 2.47. The fourth-order valence-corrected chi connectivity index (χ4v) is 2.91. The van der Waals surface area contributed by atoms with E-state index in [-0.39, 0.29) is 11.8 Å². The number of pyridine rings is 1. The average Bonchev–Trinajstić information content (AvgIpc) is 3.24. The number of carbonyl (C=O) groups excluding carboxylic acids is 2. The van der Waals surface area contributed by atoms with E-state index in [4.69, 9.17) is 0 Å². The highest BCUT2D eigenvalue weighted by Crippen LogP contribution is 2.14. The van der Waals surface area contributed by atoms with E-state index in [1.807, 2.05) is 16.8 Å². The lowest BCUT2D eigenvalue weighted by molar-refractivity contribution is -0.127. The molecule has 0 radical (unpaired) electrons. The largest absolute Gasteiger partial charge is 0.358 e. The Morgan fingerprint density at radius 3 is 2.96 bits per heavy atom. The highest BCUT2D eigenvalue weighted by atomic mass is 32.1. The summed E-state index contributed by atoms with van der Waals surface area (Å²) >= 11 is 1.26. The molecule has 1 saturated heterocycles. The van der Waals surface area contributed by atoms with E-state index < -0.39 is 0 Å². The minimum Gasteiger partial charge on any atom is -0.358 e. The number of likely N-dealkylation sites (tertiary alicyclic amines) is 1. The molecule has 9 heteroatoms. The summed E-state index contributed by atoms with van der Waals surface area (Å²) in [4.78, 5) is 31.8. The Hall–Kier alpha value is -2.55. The minimum atomic E-state index is -0.267. The second-order valence-corrected chi connectivity index (χ2v) is 6.34. The normalized spacial score (nSPS) is 14.0. The van der Waals surface area contributed by atoms with Crippen molar-refractivity contribution in [1.82, 2.24) is 20.1 Å². The van der Waals surface area contributed by atoms with Gasteiger partial charge in [-0.3, -0.25) is 14.9 Å². The molecule has 24 heavy (non-hydrogen) atoms. The first-order valence-corrected chi connectivity index (χ1v) is 8.54. The van der Waals surface area contributed by atoms with Crippen molar-refractivity contribution >= 4 is 34.1 Å². The number of nitrogens with zero attached hydrogens (tertiary/aromatic N) is 5. The van der Waals surface area contributed by atoms with E-state index in [1.54, 1.807) is 17.6 Å². The van der Waals surface area contributed by atoms with Crippen LogP contribution in [0, 0.1) is 0 Å². The van der Waals surface area contributed by atoms with Crippen LogP contribution in [0.4, 0.5) is 10.9 Å². The summed E-state index contributed by atoms with van der Waals surface area (Å²) in [6.07, 6.45) is 3.13. The molecule has 2 amide bonds. The molecule has 3 heterocycles. The Labute approximate surface area is 143 Å². The lowest BCUT2D eigenvalue weighted by atomic mass is 10.2. The zero-order valence-corrected chi connectivity index (χ0v) is 14.1. The van der Waals surface area contributed by atoms with Gasteiger partial charge in [-0.1, -0.05) is 11.3 Å². The van der Waals surface area contributed by atoms with E-state index in [9.17, 15) is 9.59 Å². The lowest BCUT2D eigenvalue weighted by Crippen LogP contribution is -2.34. The standard InChI is InChI=1S/C15H18N6O2S/c1-20(7-8-21-6-2-3-13(21)22)12-5-4-11(9-16-12)14(23)18-15-19-17-10-24-15/h4-5,9-10H,2-3,6-8H2,1H3,(H,18,19,23). The zero-order valence-electron chi connectivity index (χ0n) is 13.3. The molecule has 0 atom stereocenters. The summed E-state index contributed by atoms with van der Waals surface area (Å²) in [5.41, 5.74) is 2.01. The third kappa shape index (κ3) is 3.85. The maximum Gasteiger partial charge on any atom is 0.259 e. The van der Waals surface area contributed by atoms with E-state index >= 15 is 0 Å². The van der Waals surface area contributed by atoms with Crippen molar-refractivity contribution in [1.29, 1.82) is 0 Å². The van der Waals surface area contributed by atoms with Gasteiger partial charge in [0.2, 0.25) is 11.0 Å². The molecule has 0 bridgehead atoms. The van der Waals surface area contributed by atoms with E-state index in [2.05, 4.69) is 20.5 Å². The molecular formula is C15H18N6O2S. The monoisotopic (exact) mass is 346 g/mol. The summed E-state index contributed by atoms with van der Waals surface area (Å²) in [6.45, 7) is 2.23. The molecule has 126 valence electrons. The number of likely N-dealkylation sites (N-methyl/N-ethyl adjacent to an activating group) is 1. The van der Waals surface area contributed by atoms with Crippen LogP contribution in [0.3, 0.4) is 0 Å². The highest BCUT2D eigenvalue weighted by molar-refractivity contribution is 7.13. The van der Waals surface area contributed by atoms with Gasteiger partial charge in [-0.05, 0) is 18.6 Å². The Morgan fingerprint density at radius 1 is 1.46 bits per heavy atom. The van der Waals surface area contributed by atoms with Crippen LogP contribution < -0.4 is 10.2 Å². The van der Waals surface area contributed by atoms with Gasteiger partial charge in [-0.25, -0.2) is 4.98 Å². The van der Waals surface area contributed by atoms with Crippen LogP contribution >= 0.6 is 11.3 Å². The first-order chi connectivity index (χ1) is 11.6. The van der Waals surface area contributed by atoms with Crippen molar-refractivity contribution < 1.29 is 9.59 Å². The van der Waals surface area contributed by atoms with Gasteiger partial charge in [0.05, 0.1) is 5.56 Å². The number of rotatable bonds is 6. The Morgan fingerprint density at radius 2 is 2.33 bits per heavy atom. The predicted molar refractivity (Wildman–Crippen MR) is 91.2 cm³/mol. The molecule has 2 aromatic rings. The van der Waals surface area contributed by atoms with Gasteiger partial charge in [0.1, 0.15) is 11.3 Å². The second kappa shape index (κ2) is 7.35. The fraction of sp³-hybridized carbons (Fsp3) is 0.400. The molecule has 8 nitrogen and oxygen atoms in total. The van der Waals surface area contributed by atoms with Crippen LogP contribution in [0.1, 0.15) is 23.2 Å². The van der Waals surface area contributed by atoms with Crippen LogP contribution in [-0.2, 0) is 4.79 Å². The number of aromatic nitrogens is 3. The third-order valence-electron chi connectivity index (χ3n) is 3.86. The maximum absolute atomic E-state index is 12.1. The van der Waals surface area contributed by atoms with E-state index in [1.165, 1.54) is 17.5 Å². The Bertz CT molecular complexity index is 703. The molecule has 0 saturated carbocycles. The topological polar surface area (TPSA) is 91.3 Å². The number of hydrogen-bond donors (Lipinski definition) is 1. The van der Waals surface area contributed by atoms with Gasteiger partial charge in [0.25, 0.3) is 5.91 Å². The van der Waals surface area contributed by atoms with Gasteiger partial charge < -0.3 is 9.80 Å². The van der Waals surface area contributed by atoms with E-state index in [0.29, 0.717) is 30.2 Å². The summed E-state index contributed by atoms with van der Waals surface area (Å²) in [7, 11) is 1.92. The van der Waals surface area contributed by atoms with Crippen molar-refractivity contribution in [2.24, 2.45) is 0 Å². The quantitative estimate of drug-likeness (QED) is 0.846. The molecule has 3 rings (SSSR count). The number of hydrogen-bond acceptors (Lipinski definition) is 7. The summed E-state index contributed by atoms with van der Waals surface area (Å²) < 4.78 is 0. The number of amides is 2. The van der Waals surface area contributed by atoms with E-state index in [0.717, 1.165) is 18.8 Å². The van der Waals surface area contributed by atoms with Crippen molar-refractivity contribution in [2.45, 2.75) is 12.8 Å². The van der Waals surface area contributed by atoms with Crippen LogP contribution in [0.2, 0.25) is 0 Å². The molecule has 0 spiro atoms. The minimum absolute atomic E-state index is 0.222. The van der Waals surface area contributed by atoms with Crippen LogP contribution in [-0.4, -0.2) is 58.6 Å². The first-order valence-electron chi connectivity index (χ1n) is 7.66. The second-order valence-electron chi connectivity index (χ2n) is 5.51. The predicted octanol–water partition coefficient (Wildman–Crippen LogP) is 1.24. The highest BCUT2D eigenvalue weighted by Gasteiger charge is 2.20. The molecule has 1 aliphatic rings. The molecule has 1 fully saturated rings. The molecule has 0 aliphatic carbocycles. The van der Waals surface area contributed by atoms with Gasteiger partial charge >= 0.3 is 0 Å². The Kier molecular flexibility index (Phi) is 4.99. The third-order valence-corrected chi connectivity index (χ3v) is 4.47. The molecule has 0 aromatic carbocycles. The SMILES string of the molecule is CN(CCN1CCCC1=O)c1ccc(C(=O)Nc2nncs2)cn1. The Balaban J connectivity index is 1.55. The number of anilines is 2. The maximum atomic E-state index is 12.1. The molecule has 1 aliphatic heterocycles. The molecule has 1 N–H and O–H groups in total. The number of nitrogens with one attached hydrogen (secondary N) is 1. The summed E-state index contributed by atoms with van der Waals surface area (Å²) in [5.74, 6) is 0.713. The van der Waals surface area contributed by atoms with Crippen molar-refractivity contribution in [3.63, 3.8) is 0 Å². The average molecular weight is 346 g/mol. The zero-order chi connectivity index (χ0) is 16.9.